The van der Waals surface area contributed by atoms with Gasteiger partial charge in [-0.05, 0) is 27.2 Å². The summed E-state index contributed by atoms with van der Waals surface area (Å²) in [6.45, 7) is 19.5. The largest absolute Gasteiger partial charge is 0.458 e. The first-order valence-electron chi connectivity index (χ1n) is 22.1. The Morgan fingerprint density at radius 2 is 0.509 bits per heavy atom. The predicted molar refractivity (Wildman–Crippen MR) is 221 cm³/mol. The van der Waals surface area contributed by atoms with Gasteiger partial charge in [-0.15, -0.1) is 0 Å². The Morgan fingerprint density at radius 3 is 0.754 bits per heavy atom. The average molecular weight is 827 g/mol. The molecule has 0 bridgehead atoms. The molecular formula is C43H86O14. The molecule has 0 spiro atoms. The van der Waals surface area contributed by atoms with Gasteiger partial charge < -0.3 is 61.6 Å². The molecule has 0 saturated carbocycles. The van der Waals surface area contributed by atoms with Crippen LogP contribution in [0.25, 0.3) is 0 Å². The van der Waals surface area contributed by atoms with E-state index in [-0.39, 0.29) is 12.6 Å². The highest BCUT2D eigenvalue weighted by molar-refractivity contribution is 5.71. The maximum atomic E-state index is 11.5. The highest BCUT2D eigenvalue weighted by Gasteiger charge is 2.15. The summed E-state index contributed by atoms with van der Waals surface area (Å²) in [5.74, 6) is -0.385. The summed E-state index contributed by atoms with van der Waals surface area (Å²) >= 11 is 0. The van der Waals surface area contributed by atoms with Crippen LogP contribution in [0.4, 0.5) is 0 Å². The Bertz CT molecular complexity index is 771. The molecule has 14 heteroatoms. The highest BCUT2D eigenvalue weighted by atomic mass is 16.6. The maximum Gasteiger partial charge on any atom is 0.332 e. The molecule has 0 aromatic rings. The molecule has 342 valence electrons. The fraction of sp³-hybridized carbons (Fsp3) is 0.977. The van der Waals surface area contributed by atoms with Gasteiger partial charge in [-0.3, -0.25) is 0 Å². The molecule has 0 rings (SSSR count). The van der Waals surface area contributed by atoms with Crippen molar-refractivity contribution in [3.8, 4) is 0 Å². The van der Waals surface area contributed by atoms with Gasteiger partial charge in [0.1, 0.15) is 12.2 Å². The number of carbonyl (C=O) groups is 1. The normalized spacial score (nSPS) is 11.9. The van der Waals surface area contributed by atoms with E-state index in [1.807, 2.05) is 20.8 Å². The van der Waals surface area contributed by atoms with Gasteiger partial charge in [-0.1, -0.05) is 84.0 Å². The Morgan fingerprint density at radius 1 is 0.298 bits per heavy atom. The van der Waals surface area contributed by atoms with Gasteiger partial charge in [-0.25, -0.2) is 4.79 Å². The lowest BCUT2D eigenvalue weighted by atomic mass is 10.0. The van der Waals surface area contributed by atoms with E-state index in [4.69, 9.17) is 61.6 Å². The minimum Gasteiger partial charge on any atom is -0.458 e. The number of rotatable bonds is 49. The molecule has 0 saturated heterocycles. The van der Waals surface area contributed by atoms with Crippen LogP contribution in [0.3, 0.4) is 0 Å². The summed E-state index contributed by atoms with van der Waals surface area (Å²) in [6.07, 6.45) is 17.7. The van der Waals surface area contributed by atoms with Crippen LogP contribution in [-0.2, 0) is 66.4 Å². The summed E-state index contributed by atoms with van der Waals surface area (Å²) in [6, 6.07) is 0. The Labute approximate surface area is 347 Å². The molecule has 57 heavy (non-hydrogen) atoms. The molecule has 0 atom stereocenters. The molecular weight excluding hydrogens is 740 g/mol. The number of unbranched alkanes of at least 4 members (excludes halogenated alkanes) is 12. The van der Waals surface area contributed by atoms with Crippen LogP contribution >= 0.6 is 0 Å². The van der Waals surface area contributed by atoms with Crippen molar-refractivity contribution in [1.29, 1.82) is 0 Å². The van der Waals surface area contributed by atoms with E-state index < -0.39 is 5.60 Å². The van der Waals surface area contributed by atoms with Gasteiger partial charge >= 0.3 is 5.97 Å². The van der Waals surface area contributed by atoms with Crippen molar-refractivity contribution < 1.29 is 66.4 Å². The Kier molecular flexibility index (Phi) is 46.8. The summed E-state index contributed by atoms with van der Waals surface area (Å²) < 4.78 is 71.0. The SMILES string of the molecule is CCCCCCCCCCCCCCCOCCOCCOCCOCCOCCOCCOCCOCCOCCOCCOCCOCC(=O)OC(C)(C)C. The molecule has 0 aliphatic rings. The topological polar surface area (TPSA) is 137 Å². The molecule has 0 fully saturated rings. The van der Waals surface area contributed by atoms with Crippen LogP contribution in [0.2, 0.25) is 0 Å². The smallest absolute Gasteiger partial charge is 0.332 e. The van der Waals surface area contributed by atoms with Crippen LogP contribution in [-0.4, -0.2) is 170 Å². The van der Waals surface area contributed by atoms with Crippen molar-refractivity contribution in [1.82, 2.24) is 0 Å². The van der Waals surface area contributed by atoms with Gasteiger partial charge in [0.15, 0.2) is 0 Å². The zero-order valence-corrected chi connectivity index (χ0v) is 36.9. The molecule has 0 aliphatic carbocycles. The fourth-order valence-corrected chi connectivity index (χ4v) is 5.17. The lowest BCUT2D eigenvalue weighted by molar-refractivity contribution is -0.160. The van der Waals surface area contributed by atoms with E-state index >= 15 is 0 Å². The second kappa shape index (κ2) is 47.7. The first-order valence-corrected chi connectivity index (χ1v) is 22.1. The predicted octanol–water partition coefficient (Wildman–Crippen LogP) is 6.62. The second-order valence-corrected chi connectivity index (χ2v) is 14.6. The molecule has 0 amide bonds. The van der Waals surface area contributed by atoms with Crippen LogP contribution in [0, 0.1) is 0 Å². The average Bonchev–Trinajstić information content (AvgIpc) is 3.18. The van der Waals surface area contributed by atoms with E-state index in [1.54, 1.807) is 0 Å². The number of ether oxygens (including phenoxy) is 13. The van der Waals surface area contributed by atoms with Crippen molar-refractivity contribution in [3.05, 3.63) is 0 Å². The van der Waals surface area contributed by atoms with E-state index in [9.17, 15) is 4.79 Å². The molecule has 0 N–H and O–H groups in total. The second-order valence-electron chi connectivity index (χ2n) is 14.6. The lowest BCUT2D eigenvalue weighted by Crippen LogP contribution is -2.27. The third-order valence-electron chi connectivity index (χ3n) is 8.12. The van der Waals surface area contributed by atoms with Crippen LogP contribution in [0.15, 0.2) is 0 Å². The molecule has 0 aliphatic heterocycles. The van der Waals surface area contributed by atoms with Gasteiger partial charge in [0.05, 0.1) is 145 Å². The fourth-order valence-electron chi connectivity index (χ4n) is 5.17. The van der Waals surface area contributed by atoms with Crippen LogP contribution in [0.5, 0.6) is 0 Å². The molecule has 0 radical (unpaired) electrons. The lowest BCUT2D eigenvalue weighted by Gasteiger charge is -2.19. The van der Waals surface area contributed by atoms with E-state index in [0.717, 1.165) is 13.0 Å². The van der Waals surface area contributed by atoms with E-state index in [2.05, 4.69) is 6.92 Å². The van der Waals surface area contributed by atoms with Gasteiger partial charge in [0, 0.05) is 6.61 Å². The monoisotopic (exact) mass is 827 g/mol. The highest BCUT2D eigenvalue weighted by Crippen LogP contribution is 2.12. The standard InChI is InChI=1S/C43H86O14/c1-5-6-7-8-9-10-11-12-13-14-15-16-17-18-45-19-20-46-21-22-47-23-24-48-25-26-49-27-28-50-29-30-51-31-32-52-33-34-53-35-36-54-37-38-55-39-40-56-41-42(44)57-43(2,3)4/h5-41H2,1-4H3. The summed E-state index contributed by atoms with van der Waals surface area (Å²) in [5, 5.41) is 0. The summed E-state index contributed by atoms with van der Waals surface area (Å²) in [7, 11) is 0. The number of carbonyl (C=O) groups excluding carboxylic acids is 1. The quantitative estimate of drug-likeness (QED) is 0.0480. The number of hydrogen-bond donors (Lipinski definition) is 0. The summed E-state index contributed by atoms with van der Waals surface area (Å²) in [4.78, 5) is 11.5. The zero-order chi connectivity index (χ0) is 41.4. The van der Waals surface area contributed by atoms with Crippen molar-refractivity contribution in [2.75, 3.05) is 159 Å². The molecule has 0 heterocycles. The first kappa shape index (κ1) is 56.0. The number of esters is 1. The van der Waals surface area contributed by atoms with E-state index in [0.29, 0.717) is 145 Å². The minimum atomic E-state index is -0.511. The maximum absolute atomic E-state index is 11.5. The van der Waals surface area contributed by atoms with Crippen molar-refractivity contribution in [2.24, 2.45) is 0 Å². The Balaban J connectivity index is 3.09. The van der Waals surface area contributed by atoms with Crippen molar-refractivity contribution >= 4 is 5.97 Å². The van der Waals surface area contributed by atoms with Gasteiger partial charge in [-0.2, -0.15) is 0 Å². The minimum absolute atomic E-state index is 0.0822. The van der Waals surface area contributed by atoms with E-state index in [1.165, 1.54) is 77.0 Å². The third-order valence-corrected chi connectivity index (χ3v) is 8.12. The molecule has 0 unspecified atom stereocenters. The summed E-state index contributed by atoms with van der Waals surface area (Å²) in [5.41, 5.74) is -0.511. The van der Waals surface area contributed by atoms with Crippen LogP contribution in [0.1, 0.15) is 111 Å². The first-order chi connectivity index (χ1) is 28.0. The zero-order valence-electron chi connectivity index (χ0n) is 36.9. The van der Waals surface area contributed by atoms with Gasteiger partial charge in [0.2, 0.25) is 0 Å². The third kappa shape index (κ3) is 53.0. The molecule has 0 aromatic carbocycles. The molecule has 14 nitrogen and oxygen atoms in total. The Hall–Kier alpha value is -1.01. The number of hydrogen-bond acceptors (Lipinski definition) is 14. The van der Waals surface area contributed by atoms with Crippen molar-refractivity contribution in [3.63, 3.8) is 0 Å². The van der Waals surface area contributed by atoms with Crippen molar-refractivity contribution in [2.45, 2.75) is 117 Å². The molecule has 0 aromatic heterocycles. The van der Waals surface area contributed by atoms with Crippen LogP contribution < -0.4 is 0 Å². The van der Waals surface area contributed by atoms with Gasteiger partial charge in [0.25, 0.3) is 0 Å².